The van der Waals surface area contributed by atoms with Gasteiger partial charge in [-0.2, -0.15) is 0 Å². The summed E-state index contributed by atoms with van der Waals surface area (Å²) in [5.41, 5.74) is 0.719. The second-order valence-electron chi connectivity index (χ2n) is 3.42. The number of amides is 1. The molecule has 6 heteroatoms. The first-order valence-corrected chi connectivity index (χ1v) is 6.12. The van der Waals surface area contributed by atoms with Crippen molar-refractivity contribution in [3.63, 3.8) is 0 Å². The Morgan fingerprint density at radius 1 is 1.39 bits per heavy atom. The second-order valence-corrected chi connectivity index (χ2v) is 4.58. The lowest BCUT2D eigenvalue weighted by Gasteiger charge is -2.07. The molecule has 2 aromatic rings. The molecule has 18 heavy (non-hydrogen) atoms. The van der Waals surface area contributed by atoms with Crippen LogP contribution in [0, 0.1) is 5.82 Å². The van der Waals surface area contributed by atoms with Crippen LogP contribution in [0.3, 0.4) is 0 Å². The summed E-state index contributed by atoms with van der Waals surface area (Å²) in [7, 11) is 0. The zero-order valence-electron chi connectivity index (χ0n) is 8.95. The fraction of sp³-hybridized carbons (Fsp3) is 0. The first-order chi connectivity index (χ1) is 8.58. The van der Waals surface area contributed by atoms with Crippen LogP contribution in [0.2, 0.25) is 5.02 Å². The smallest absolute Gasteiger partial charge is 0.258 e. The van der Waals surface area contributed by atoms with Gasteiger partial charge in [-0.1, -0.05) is 11.6 Å². The molecule has 0 spiro atoms. The van der Waals surface area contributed by atoms with Crippen molar-refractivity contribution < 1.29 is 9.18 Å². The van der Waals surface area contributed by atoms with E-state index >= 15 is 0 Å². The third-order valence-corrected chi connectivity index (χ3v) is 3.13. The highest BCUT2D eigenvalue weighted by Crippen LogP contribution is 2.23. The maximum Gasteiger partial charge on any atom is 0.258 e. The van der Waals surface area contributed by atoms with E-state index in [9.17, 15) is 9.18 Å². The molecule has 1 aromatic carbocycles. The van der Waals surface area contributed by atoms with E-state index in [0.29, 0.717) is 15.9 Å². The van der Waals surface area contributed by atoms with Crippen molar-refractivity contribution in [2.45, 2.75) is 0 Å². The van der Waals surface area contributed by atoms with Crippen LogP contribution in [0.25, 0.3) is 0 Å². The molecule has 0 aliphatic carbocycles. The molecule has 92 valence electrons. The van der Waals surface area contributed by atoms with Gasteiger partial charge in [-0.05, 0) is 46.3 Å². The maximum absolute atomic E-state index is 12.9. The van der Waals surface area contributed by atoms with E-state index in [-0.39, 0.29) is 10.9 Å². The predicted molar refractivity (Wildman–Crippen MR) is 71.3 cm³/mol. The number of nitrogens with one attached hydrogen (secondary N) is 1. The standard InChI is InChI=1S/C12H7BrClFN2O/c13-11-8(2-1-5-16-11)12(18)17-10-4-3-7(15)6-9(10)14/h1-6H,(H,17,18). The van der Waals surface area contributed by atoms with Crippen LogP contribution < -0.4 is 5.32 Å². The number of hydrogen-bond donors (Lipinski definition) is 1. The lowest BCUT2D eigenvalue weighted by atomic mass is 10.2. The van der Waals surface area contributed by atoms with E-state index in [0.717, 1.165) is 6.07 Å². The number of aromatic nitrogens is 1. The van der Waals surface area contributed by atoms with Crippen LogP contribution >= 0.6 is 27.5 Å². The van der Waals surface area contributed by atoms with Crippen LogP contribution in [0.5, 0.6) is 0 Å². The molecule has 0 radical (unpaired) electrons. The normalized spacial score (nSPS) is 10.2. The Balaban J connectivity index is 2.24. The van der Waals surface area contributed by atoms with E-state index < -0.39 is 5.82 Å². The zero-order chi connectivity index (χ0) is 13.1. The van der Waals surface area contributed by atoms with Crippen LogP contribution in [0.15, 0.2) is 41.1 Å². The molecule has 0 saturated carbocycles. The summed E-state index contributed by atoms with van der Waals surface area (Å²) in [6.45, 7) is 0. The number of anilines is 1. The average Bonchev–Trinajstić information content (AvgIpc) is 2.33. The first-order valence-electron chi connectivity index (χ1n) is 4.95. The van der Waals surface area contributed by atoms with Crippen LogP contribution in [0.1, 0.15) is 10.4 Å². The summed E-state index contributed by atoms with van der Waals surface area (Å²) < 4.78 is 13.3. The molecule has 0 unspecified atom stereocenters. The minimum Gasteiger partial charge on any atom is -0.321 e. The zero-order valence-corrected chi connectivity index (χ0v) is 11.3. The molecule has 1 aromatic heterocycles. The van der Waals surface area contributed by atoms with Crippen molar-refractivity contribution >= 4 is 39.1 Å². The fourth-order valence-corrected chi connectivity index (χ4v) is 1.98. The molecule has 0 aliphatic rings. The summed E-state index contributed by atoms with van der Waals surface area (Å²) in [4.78, 5) is 15.9. The number of hydrogen-bond acceptors (Lipinski definition) is 2. The van der Waals surface area contributed by atoms with Gasteiger partial charge in [0.05, 0.1) is 16.3 Å². The first kappa shape index (κ1) is 13.0. The molecule has 3 nitrogen and oxygen atoms in total. The lowest BCUT2D eigenvalue weighted by Crippen LogP contribution is -2.13. The number of pyridine rings is 1. The molecule has 0 bridgehead atoms. The molecule has 1 heterocycles. The lowest BCUT2D eigenvalue weighted by molar-refractivity contribution is 0.102. The van der Waals surface area contributed by atoms with Gasteiger partial charge in [-0.25, -0.2) is 9.37 Å². The number of benzene rings is 1. The summed E-state index contributed by atoms with van der Waals surface area (Å²) >= 11 is 8.99. The third-order valence-electron chi connectivity index (χ3n) is 2.18. The molecular weight excluding hydrogens is 322 g/mol. The van der Waals surface area contributed by atoms with E-state index in [1.165, 1.54) is 12.1 Å². The van der Waals surface area contributed by atoms with Crippen LogP contribution in [-0.2, 0) is 0 Å². The van der Waals surface area contributed by atoms with Crippen molar-refractivity contribution in [2.24, 2.45) is 0 Å². The predicted octanol–water partition coefficient (Wildman–Crippen LogP) is 3.89. The number of carbonyl (C=O) groups is 1. The van der Waals surface area contributed by atoms with Gasteiger partial charge in [0.25, 0.3) is 5.91 Å². The van der Waals surface area contributed by atoms with Crippen molar-refractivity contribution in [3.8, 4) is 0 Å². The maximum atomic E-state index is 12.9. The highest BCUT2D eigenvalue weighted by atomic mass is 79.9. The minimum atomic E-state index is -0.458. The minimum absolute atomic E-state index is 0.142. The summed E-state index contributed by atoms with van der Waals surface area (Å²) in [5, 5.41) is 2.73. The van der Waals surface area contributed by atoms with E-state index in [4.69, 9.17) is 11.6 Å². The molecule has 0 aliphatic heterocycles. The molecule has 0 atom stereocenters. The van der Waals surface area contributed by atoms with Gasteiger partial charge >= 0.3 is 0 Å². The molecule has 0 fully saturated rings. The SMILES string of the molecule is O=C(Nc1ccc(F)cc1Cl)c1cccnc1Br. The fourth-order valence-electron chi connectivity index (χ4n) is 1.34. The number of halogens is 3. The van der Waals surface area contributed by atoms with Gasteiger partial charge < -0.3 is 5.32 Å². The highest BCUT2D eigenvalue weighted by molar-refractivity contribution is 9.10. The monoisotopic (exact) mass is 328 g/mol. The third kappa shape index (κ3) is 2.86. The van der Waals surface area contributed by atoms with Crippen LogP contribution in [-0.4, -0.2) is 10.9 Å². The van der Waals surface area contributed by atoms with Crippen molar-refractivity contribution in [2.75, 3.05) is 5.32 Å². The van der Waals surface area contributed by atoms with Crippen LogP contribution in [0.4, 0.5) is 10.1 Å². The Hall–Kier alpha value is -1.46. The topological polar surface area (TPSA) is 42.0 Å². The average molecular weight is 330 g/mol. The second kappa shape index (κ2) is 5.46. The summed E-state index contributed by atoms with van der Waals surface area (Å²) in [6, 6.07) is 7.02. The Morgan fingerprint density at radius 2 is 2.17 bits per heavy atom. The van der Waals surface area contributed by atoms with Gasteiger partial charge in [0.1, 0.15) is 10.4 Å². The molecule has 0 saturated heterocycles. The summed E-state index contributed by atoms with van der Waals surface area (Å²) in [6.07, 6.45) is 1.56. The molecule has 1 amide bonds. The highest BCUT2D eigenvalue weighted by Gasteiger charge is 2.12. The van der Waals surface area contributed by atoms with Crippen molar-refractivity contribution in [1.29, 1.82) is 0 Å². The quantitative estimate of drug-likeness (QED) is 0.849. The summed E-state index contributed by atoms with van der Waals surface area (Å²) in [5.74, 6) is -0.830. The van der Waals surface area contributed by atoms with E-state index in [2.05, 4.69) is 26.2 Å². The van der Waals surface area contributed by atoms with Gasteiger partial charge in [-0.15, -0.1) is 0 Å². The molecular formula is C12H7BrClFN2O. The van der Waals surface area contributed by atoms with Crippen molar-refractivity contribution in [1.82, 2.24) is 4.98 Å². The molecule has 1 N–H and O–H groups in total. The number of nitrogens with zero attached hydrogens (tertiary/aromatic N) is 1. The largest absolute Gasteiger partial charge is 0.321 e. The van der Waals surface area contributed by atoms with Gasteiger partial charge in [0.2, 0.25) is 0 Å². The van der Waals surface area contributed by atoms with Gasteiger partial charge in [0.15, 0.2) is 0 Å². The van der Waals surface area contributed by atoms with Crippen molar-refractivity contribution in [3.05, 3.63) is 57.5 Å². The Labute approximate surface area is 116 Å². The van der Waals surface area contributed by atoms with Gasteiger partial charge in [-0.3, -0.25) is 4.79 Å². The Morgan fingerprint density at radius 3 is 2.83 bits per heavy atom. The Bertz CT molecular complexity index is 606. The van der Waals surface area contributed by atoms with Gasteiger partial charge in [0, 0.05) is 6.20 Å². The number of rotatable bonds is 2. The Kier molecular flexibility index (Phi) is 3.93. The van der Waals surface area contributed by atoms with E-state index in [1.807, 2.05) is 0 Å². The molecule has 2 rings (SSSR count). The van der Waals surface area contributed by atoms with E-state index in [1.54, 1.807) is 18.3 Å². The number of carbonyl (C=O) groups excluding carboxylic acids is 1.